The Balaban J connectivity index is 2.06. The van der Waals surface area contributed by atoms with Crippen molar-refractivity contribution in [1.82, 2.24) is 20.2 Å². The zero-order chi connectivity index (χ0) is 15.9. The molecule has 0 aromatic carbocycles. The van der Waals surface area contributed by atoms with Crippen LogP contribution in [0.4, 0.5) is 0 Å². The van der Waals surface area contributed by atoms with Gasteiger partial charge in [-0.25, -0.2) is 4.68 Å². The number of tetrazole rings is 1. The van der Waals surface area contributed by atoms with Crippen molar-refractivity contribution in [2.45, 2.75) is 59.5 Å². The number of hydrogen-bond acceptors (Lipinski definition) is 3. The highest BCUT2D eigenvalue weighted by Gasteiger charge is 2.33. The number of rotatable bonds is 8. The normalized spacial score (nSPS) is 23.9. The second-order valence-electron chi connectivity index (χ2n) is 7.05. The first-order valence-electron chi connectivity index (χ1n) is 9.09. The van der Waals surface area contributed by atoms with E-state index < -0.39 is 0 Å². The fourth-order valence-electron chi connectivity index (χ4n) is 3.43. The first-order chi connectivity index (χ1) is 10.7. The summed E-state index contributed by atoms with van der Waals surface area (Å²) < 4.78 is 2.06. The summed E-state index contributed by atoms with van der Waals surface area (Å²) in [4.78, 5) is 3.41. The quantitative estimate of drug-likeness (QED) is 0.672. The maximum absolute atomic E-state index is 4.40. The Kier molecular flexibility index (Phi) is 6.76. The number of aryl methyl sites for hydroxylation is 1. The third-order valence-corrected chi connectivity index (χ3v) is 4.96. The van der Waals surface area contributed by atoms with E-state index in [0.29, 0.717) is 12.0 Å². The summed E-state index contributed by atoms with van der Waals surface area (Å²) in [7, 11) is 0. The molecule has 1 aliphatic rings. The number of likely N-dealkylation sites (N-methyl/N-ethyl adjacent to an activating group) is 1. The van der Waals surface area contributed by atoms with E-state index in [1.54, 1.807) is 9.80 Å². The number of nitrogens with one attached hydrogen (secondary N) is 2. The van der Waals surface area contributed by atoms with Crippen molar-refractivity contribution in [3.05, 3.63) is 5.82 Å². The van der Waals surface area contributed by atoms with Crippen LogP contribution in [0.5, 0.6) is 0 Å². The Morgan fingerprint density at radius 2 is 1.82 bits per heavy atom. The number of hydrogen-bond donors (Lipinski definition) is 2. The minimum Gasteiger partial charge on any atom is -0.326 e. The van der Waals surface area contributed by atoms with E-state index in [4.69, 9.17) is 0 Å². The highest BCUT2D eigenvalue weighted by molar-refractivity contribution is 4.87. The van der Waals surface area contributed by atoms with E-state index in [0.717, 1.165) is 18.8 Å². The van der Waals surface area contributed by atoms with E-state index in [1.807, 2.05) is 0 Å². The van der Waals surface area contributed by atoms with Gasteiger partial charge in [0.15, 0.2) is 0 Å². The lowest BCUT2D eigenvalue weighted by molar-refractivity contribution is -1.03. The molecule has 2 heterocycles. The molecule has 0 spiro atoms. The summed E-state index contributed by atoms with van der Waals surface area (Å²) in [6, 6.07) is 0.463. The van der Waals surface area contributed by atoms with Crippen LogP contribution in [0.3, 0.4) is 0 Å². The van der Waals surface area contributed by atoms with Crippen molar-refractivity contribution in [1.29, 1.82) is 0 Å². The Bertz CT molecular complexity index is 422. The molecular weight excluding hydrogens is 276 g/mol. The lowest BCUT2D eigenvalue weighted by Crippen LogP contribution is -3.28. The number of aromatic nitrogens is 4. The minimum atomic E-state index is 0.463. The van der Waals surface area contributed by atoms with Crippen LogP contribution < -0.4 is 9.80 Å². The number of piperazine rings is 1. The van der Waals surface area contributed by atoms with Gasteiger partial charge in [0.2, 0.25) is 5.82 Å². The largest absolute Gasteiger partial charge is 0.326 e. The van der Waals surface area contributed by atoms with E-state index in [9.17, 15) is 0 Å². The molecule has 0 unspecified atom stereocenters. The van der Waals surface area contributed by atoms with E-state index in [1.165, 1.54) is 45.6 Å². The van der Waals surface area contributed by atoms with Gasteiger partial charge < -0.3 is 9.80 Å². The summed E-state index contributed by atoms with van der Waals surface area (Å²) in [6.45, 7) is 16.3. The van der Waals surface area contributed by atoms with E-state index in [2.05, 4.69) is 47.9 Å². The molecule has 0 aliphatic carbocycles. The highest BCUT2D eigenvalue weighted by Crippen LogP contribution is 2.13. The Morgan fingerprint density at radius 1 is 1.09 bits per heavy atom. The Labute approximate surface area is 134 Å². The van der Waals surface area contributed by atoms with Crippen LogP contribution in [0, 0.1) is 5.92 Å². The van der Waals surface area contributed by atoms with Gasteiger partial charge in [0, 0.05) is 13.0 Å². The third kappa shape index (κ3) is 4.49. The smallest absolute Gasteiger partial charge is 0.209 e. The lowest BCUT2D eigenvalue weighted by Gasteiger charge is -2.33. The van der Waals surface area contributed by atoms with Gasteiger partial charge in [-0.2, -0.15) is 0 Å². The molecule has 1 atom stereocenters. The lowest BCUT2D eigenvalue weighted by atomic mass is 10.1. The molecule has 2 N–H and O–H groups in total. The van der Waals surface area contributed by atoms with Crippen molar-refractivity contribution >= 4 is 0 Å². The molecule has 6 nitrogen and oxygen atoms in total. The molecule has 0 radical (unpaired) electrons. The van der Waals surface area contributed by atoms with Crippen molar-refractivity contribution in [2.24, 2.45) is 5.92 Å². The first-order valence-corrected chi connectivity index (χ1v) is 9.09. The molecule has 6 heteroatoms. The van der Waals surface area contributed by atoms with Crippen LogP contribution in [0.1, 0.15) is 58.8 Å². The molecule has 126 valence electrons. The highest BCUT2D eigenvalue weighted by atomic mass is 15.5. The fraction of sp³-hybridized carbons (Fsp3) is 0.938. The SMILES string of the molecule is CCC[C@H](c1nnnn1CCC(C)C)[NH+]1CC[NH+](CC)CC1. The second kappa shape index (κ2) is 8.58. The molecule has 1 aromatic rings. The second-order valence-corrected chi connectivity index (χ2v) is 7.05. The van der Waals surface area contributed by atoms with Gasteiger partial charge in [0.1, 0.15) is 32.2 Å². The third-order valence-electron chi connectivity index (χ3n) is 4.96. The molecule has 1 aromatic heterocycles. The summed E-state index contributed by atoms with van der Waals surface area (Å²) in [5, 5.41) is 12.6. The molecule has 0 saturated carbocycles. The summed E-state index contributed by atoms with van der Waals surface area (Å²) >= 11 is 0. The number of quaternary nitrogens is 2. The van der Waals surface area contributed by atoms with E-state index in [-0.39, 0.29) is 0 Å². The van der Waals surface area contributed by atoms with Crippen molar-refractivity contribution in [3.8, 4) is 0 Å². The zero-order valence-corrected chi connectivity index (χ0v) is 14.8. The van der Waals surface area contributed by atoms with Gasteiger partial charge in [0.05, 0.1) is 6.54 Å². The van der Waals surface area contributed by atoms with Crippen molar-refractivity contribution in [2.75, 3.05) is 32.7 Å². The van der Waals surface area contributed by atoms with Crippen LogP contribution in [-0.2, 0) is 6.54 Å². The van der Waals surface area contributed by atoms with Gasteiger partial charge in [-0.3, -0.25) is 0 Å². The average Bonchev–Trinajstić information content (AvgIpc) is 2.99. The van der Waals surface area contributed by atoms with Gasteiger partial charge >= 0.3 is 0 Å². The van der Waals surface area contributed by atoms with E-state index >= 15 is 0 Å². The Hall–Kier alpha value is -1.01. The summed E-state index contributed by atoms with van der Waals surface area (Å²) in [5.74, 6) is 1.79. The number of nitrogens with zero attached hydrogens (tertiary/aromatic N) is 4. The molecule has 0 amide bonds. The molecule has 1 aliphatic heterocycles. The topological polar surface area (TPSA) is 52.5 Å². The summed E-state index contributed by atoms with van der Waals surface area (Å²) in [5.41, 5.74) is 0. The van der Waals surface area contributed by atoms with Crippen LogP contribution in [0.15, 0.2) is 0 Å². The standard InChI is InChI=1S/C16H32N6/c1-5-7-15(21-12-10-20(6-2)11-13-21)16-17-18-19-22(16)9-8-14(3)4/h14-15H,5-13H2,1-4H3/p+2/t15-/m1/s1. The maximum atomic E-state index is 4.40. The van der Waals surface area contributed by atoms with Crippen molar-refractivity contribution in [3.63, 3.8) is 0 Å². The maximum Gasteiger partial charge on any atom is 0.209 e. The molecular formula is C16H34N6+2. The predicted octanol–water partition coefficient (Wildman–Crippen LogP) is -0.636. The van der Waals surface area contributed by atoms with Crippen molar-refractivity contribution < 1.29 is 9.80 Å². The first kappa shape index (κ1) is 17.3. The molecule has 1 fully saturated rings. The van der Waals surface area contributed by atoms with Crippen LogP contribution in [-0.4, -0.2) is 52.9 Å². The predicted molar refractivity (Wildman–Crippen MR) is 86.9 cm³/mol. The molecule has 22 heavy (non-hydrogen) atoms. The average molecular weight is 310 g/mol. The molecule has 0 bridgehead atoms. The van der Waals surface area contributed by atoms with Gasteiger partial charge in [-0.05, 0) is 29.7 Å². The summed E-state index contributed by atoms with van der Waals surface area (Å²) in [6.07, 6.45) is 3.51. The molecule has 2 rings (SSSR count). The van der Waals surface area contributed by atoms with Crippen LogP contribution in [0.2, 0.25) is 0 Å². The van der Waals surface area contributed by atoms with Crippen LogP contribution in [0.25, 0.3) is 0 Å². The molecule has 1 saturated heterocycles. The van der Waals surface area contributed by atoms with Gasteiger partial charge in [-0.15, -0.1) is 5.10 Å². The monoisotopic (exact) mass is 310 g/mol. The van der Waals surface area contributed by atoms with Gasteiger partial charge in [0.25, 0.3) is 0 Å². The zero-order valence-electron chi connectivity index (χ0n) is 14.8. The fourth-order valence-corrected chi connectivity index (χ4v) is 3.43. The minimum absolute atomic E-state index is 0.463. The van der Waals surface area contributed by atoms with Crippen LogP contribution >= 0.6 is 0 Å². The Morgan fingerprint density at radius 3 is 2.41 bits per heavy atom. The van der Waals surface area contributed by atoms with Gasteiger partial charge in [-0.1, -0.05) is 27.2 Å².